The Labute approximate surface area is 125 Å². The van der Waals surface area contributed by atoms with Crippen LogP contribution in [0.5, 0.6) is 0 Å². The van der Waals surface area contributed by atoms with Crippen LogP contribution >= 0.6 is 0 Å². The molecule has 3 nitrogen and oxygen atoms in total. The summed E-state index contributed by atoms with van der Waals surface area (Å²) in [6.45, 7) is 1.74. The lowest BCUT2D eigenvalue weighted by Crippen LogP contribution is -2.25. The van der Waals surface area contributed by atoms with Crippen LogP contribution in [-0.4, -0.2) is 4.57 Å². The third kappa shape index (κ3) is 2.40. The minimum Gasteiger partial charge on any atom is -0.323 e. The number of fused-ring (bicyclic) bond motifs is 1. The number of benzene rings is 2. The fourth-order valence-corrected chi connectivity index (χ4v) is 2.52. The van der Waals surface area contributed by atoms with E-state index in [-0.39, 0.29) is 5.39 Å². The Hall–Kier alpha value is -2.53. The van der Waals surface area contributed by atoms with Crippen LogP contribution in [0.4, 0.5) is 8.78 Å². The molecule has 0 amide bonds. The first kappa shape index (κ1) is 14.4. The summed E-state index contributed by atoms with van der Waals surface area (Å²) in [5.41, 5.74) is 6.43. The van der Waals surface area contributed by atoms with Gasteiger partial charge in [0.05, 0.1) is 11.1 Å². The predicted octanol–water partition coefficient (Wildman–Crippen LogP) is 3.29. The van der Waals surface area contributed by atoms with Crippen molar-refractivity contribution in [3.8, 4) is 5.69 Å². The minimum atomic E-state index is -0.496. The highest BCUT2D eigenvalue weighted by molar-refractivity contribution is 5.82. The molecule has 0 saturated heterocycles. The van der Waals surface area contributed by atoms with Gasteiger partial charge in [0.15, 0.2) is 0 Å². The number of aromatic nitrogens is 1. The Morgan fingerprint density at radius 3 is 2.45 bits per heavy atom. The molecule has 2 N–H and O–H groups in total. The van der Waals surface area contributed by atoms with Gasteiger partial charge in [0, 0.05) is 11.7 Å². The molecule has 22 heavy (non-hydrogen) atoms. The van der Waals surface area contributed by atoms with E-state index in [0.717, 1.165) is 0 Å². The lowest BCUT2D eigenvalue weighted by molar-refractivity contribution is 0.624. The van der Waals surface area contributed by atoms with Crippen molar-refractivity contribution in [1.82, 2.24) is 4.57 Å². The van der Waals surface area contributed by atoms with Crippen LogP contribution < -0.4 is 11.3 Å². The average molecular weight is 300 g/mol. The third-order valence-electron chi connectivity index (χ3n) is 3.54. The first-order valence-electron chi connectivity index (χ1n) is 6.84. The first-order valence-corrected chi connectivity index (χ1v) is 6.84. The van der Waals surface area contributed by atoms with Crippen molar-refractivity contribution in [3.63, 3.8) is 0 Å². The summed E-state index contributed by atoms with van der Waals surface area (Å²) < 4.78 is 28.3. The fraction of sp³-hybridized carbons (Fsp3) is 0.118. The van der Waals surface area contributed by atoms with Crippen LogP contribution in [0.25, 0.3) is 16.5 Å². The second-order valence-electron chi connectivity index (χ2n) is 5.21. The molecular weight excluding hydrogens is 286 g/mol. The lowest BCUT2D eigenvalue weighted by atomic mass is 10.1. The summed E-state index contributed by atoms with van der Waals surface area (Å²) >= 11 is 0. The smallest absolute Gasteiger partial charge is 0.263 e. The standard InChI is InChI=1S/C17H14F2N2O/c1-10(20)16-7-11-5-6-13(19)9-15(11)17(22)21(16)14-4-2-3-12(18)8-14/h2-10H,20H2,1H3/t10-/m0/s1. The van der Waals surface area contributed by atoms with E-state index in [1.165, 1.54) is 41.0 Å². The molecule has 3 rings (SSSR count). The molecular formula is C17H14F2N2O. The molecule has 0 unspecified atom stereocenters. The van der Waals surface area contributed by atoms with Crippen molar-refractivity contribution < 1.29 is 8.78 Å². The van der Waals surface area contributed by atoms with E-state index >= 15 is 0 Å². The zero-order valence-corrected chi connectivity index (χ0v) is 11.9. The van der Waals surface area contributed by atoms with Gasteiger partial charge in [0.2, 0.25) is 0 Å². The van der Waals surface area contributed by atoms with Gasteiger partial charge in [-0.05, 0) is 48.7 Å². The Kier molecular flexibility index (Phi) is 3.50. The highest BCUT2D eigenvalue weighted by Gasteiger charge is 2.14. The average Bonchev–Trinajstić information content (AvgIpc) is 2.47. The molecule has 1 aromatic heterocycles. The SMILES string of the molecule is C[C@H](N)c1cc2ccc(F)cc2c(=O)n1-c1cccc(F)c1. The van der Waals surface area contributed by atoms with Crippen molar-refractivity contribution in [2.75, 3.05) is 0 Å². The van der Waals surface area contributed by atoms with Crippen molar-refractivity contribution in [3.05, 3.63) is 76.2 Å². The summed E-state index contributed by atoms with van der Waals surface area (Å²) in [7, 11) is 0. The summed E-state index contributed by atoms with van der Waals surface area (Å²) in [4.78, 5) is 12.7. The van der Waals surface area contributed by atoms with Crippen LogP contribution in [0.3, 0.4) is 0 Å². The second-order valence-corrected chi connectivity index (χ2v) is 5.21. The summed E-state index contributed by atoms with van der Waals surface area (Å²) in [6.07, 6.45) is 0. The van der Waals surface area contributed by atoms with Crippen molar-refractivity contribution in [2.24, 2.45) is 5.73 Å². The summed E-state index contributed by atoms with van der Waals surface area (Å²) in [5, 5.41) is 0.833. The Morgan fingerprint density at radius 2 is 1.77 bits per heavy atom. The van der Waals surface area contributed by atoms with Crippen LogP contribution in [0.15, 0.2) is 53.3 Å². The van der Waals surface area contributed by atoms with Gasteiger partial charge in [-0.1, -0.05) is 12.1 Å². The molecule has 0 aliphatic heterocycles. The maximum atomic E-state index is 13.5. The first-order chi connectivity index (χ1) is 10.5. The number of nitrogens with two attached hydrogens (primary N) is 1. The third-order valence-corrected chi connectivity index (χ3v) is 3.54. The van der Waals surface area contributed by atoms with E-state index in [9.17, 15) is 13.6 Å². The normalized spacial score (nSPS) is 12.5. The molecule has 0 saturated carbocycles. The van der Waals surface area contributed by atoms with E-state index in [0.29, 0.717) is 16.8 Å². The van der Waals surface area contributed by atoms with Crippen LogP contribution in [-0.2, 0) is 0 Å². The highest BCUT2D eigenvalue weighted by atomic mass is 19.1. The van der Waals surface area contributed by atoms with Crippen LogP contribution in [0.1, 0.15) is 18.7 Å². The van der Waals surface area contributed by atoms with Crippen molar-refractivity contribution in [2.45, 2.75) is 13.0 Å². The van der Waals surface area contributed by atoms with E-state index in [1.807, 2.05) is 0 Å². The van der Waals surface area contributed by atoms with Gasteiger partial charge in [-0.2, -0.15) is 0 Å². The topological polar surface area (TPSA) is 48.0 Å². The summed E-state index contributed by atoms with van der Waals surface area (Å²) in [6, 6.07) is 11.0. The van der Waals surface area contributed by atoms with E-state index in [1.54, 1.807) is 19.1 Å². The molecule has 0 spiro atoms. The molecule has 3 aromatic rings. The maximum absolute atomic E-state index is 13.5. The van der Waals surface area contributed by atoms with E-state index in [2.05, 4.69) is 0 Å². The van der Waals surface area contributed by atoms with Gasteiger partial charge >= 0.3 is 0 Å². The van der Waals surface area contributed by atoms with Gasteiger partial charge in [-0.3, -0.25) is 9.36 Å². The number of rotatable bonds is 2. The number of pyridine rings is 1. The molecule has 112 valence electrons. The number of halogens is 2. The molecule has 0 radical (unpaired) electrons. The molecule has 2 aromatic carbocycles. The Morgan fingerprint density at radius 1 is 1.05 bits per heavy atom. The molecule has 0 bridgehead atoms. The van der Waals surface area contributed by atoms with Gasteiger partial charge in [-0.25, -0.2) is 8.78 Å². The van der Waals surface area contributed by atoms with Crippen LogP contribution in [0, 0.1) is 11.6 Å². The molecule has 1 heterocycles. The molecule has 1 atom stereocenters. The molecule has 5 heteroatoms. The van der Waals surface area contributed by atoms with Gasteiger partial charge < -0.3 is 5.73 Å². The number of hydrogen-bond acceptors (Lipinski definition) is 2. The van der Waals surface area contributed by atoms with Crippen molar-refractivity contribution >= 4 is 10.8 Å². The Balaban J connectivity index is 2.43. The quantitative estimate of drug-likeness (QED) is 0.789. The molecule has 0 aliphatic carbocycles. The highest BCUT2D eigenvalue weighted by Crippen LogP contribution is 2.21. The largest absolute Gasteiger partial charge is 0.323 e. The number of hydrogen-bond donors (Lipinski definition) is 1. The van der Waals surface area contributed by atoms with E-state index < -0.39 is 23.2 Å². The van der Waals surface area contributed by atoms with Gasteiger partial charge in [-0.15, -0.1) is 0 Å². The van der Waals surface area contributed by atoms with Gasteiger partial charge in [0.1, 0.15) is 11.6 Å². The maximum Gasteiger partial charge on any atom is 0.263 e. The second kappa shape index (κ2) is 5.35. The summed E-state index contributed by atoms with van der Waals surface area (Å²) in [5.74, 6) is -0.955. The fourth-order valence-electron chi connectivity index (χ4n) is 2.52. The lowest BCUT2D eigenvalue weighted by Gasteiger charge is -2.17. The minimum absolute atomic E-state index is 0.230. The Bertz CT molecular complexity index is 916. The molecule has 0 aliphatic rings. The van der Waals surface area contributed by atoms with Gasteiger partial charge in [0.25, 0.3) is 5.56 Å². The monoisotopic (exact) mass is 300 g/mol. The van der Waals surface area contributed by atoms with E-state index in [4.69, 9.17) is 5.73 Å². The molecule has 0 fully saturated rings. The van der Waals surface area contributed by atoms with Crippen LogP contribution in [0.2, 0.25) is 0 Å². The number of nitrogens with zero attached hydrogens (tertiary/aromatic N) is 1. The predicted molar refractivity (Wildman–Crippen MR) is 82.1 cm³/mol. The van der Waals surface area contributed by atoms with Crippen molar-refractivity contribution in [1.29, 1.82) is 0 Å². The zero-order valence-electron chi connectivity index (χ0n) is 11.9. The zero-order chi connectivity index (χ0) is 15.9.